The van der Waals surface area contributed by atoms with Gasteiger partial charge in [-0.05, 0) is 43.7 Å². The molecule has 5 heteroatoms. The van der Waals surface area contributed by atoms with E-state index in [1.165, 1.54) is 16.7 Å². The molecule has 1 amide bonds. The van der Waals surface area contributed by atoms with Crippen LogP contribution in [0.5, 0.6) is 0 Å². The van der Waals surface area contributed by atoms with Crippen LogP contribution >= 0.6 is 0 Å². The Kier molecular flexibility index (Phi) is 4.71. The highest BCUT2D eigenvalue weighted by Gasteiger charge is 2.29. The van der Waals surface area contributed by atoms with Crippen molar-refractivity contribution in [1.82, 2.24) is 14.7 Å². The average molecular weight is 327 g/mol. The fraction of sp³-hybridized carbons (Fsp3) is 0.474. The van der Waals surface area contributed by atoms with Gasteiger partial charge in [-0.1, -0.05) is 23.8 Å². The molecule has 3 rings (SSSR count). The van der Waals surface area contributed by atoms with Crippen LogP contribution in [0.15, 0.2) is 30.6 Å². The molecule has 128 valence electrons. The molecule has 1 unspecified atom stereocenters. The normalized spacial score (nSPS) is 17.1. The molecule has 1 aliphatic heterocycles. The zero-order valence-corrected chi connectivity index (χ0v) is 14.6. The molecule has 1 saturated heterocycles. The number of aliphatic hydroxyl groups is 1. The topological polar surface area (TPSA) is 58.4 Å². The predicted octanol–water partition coefficient (Wildman–Crippen LogP) is 2.48. The number of hydrogen-bond donors (Lipinski definition) is 1. The zero-order chi connectivity index (χ0) is 17.3. The summed E-state index contributed by atoms with van der Waals surface area (Å²) >= 11 is 0. The Bertz CT molecular complexity index is 730. The van der Waals surface area contributed by atoms with E-state index in [0.717, 1.165) is 12.8 Å². The summed E-state index contributed by atoms with van der Waals surface area (Å²) in [6.07, 6.45) is 4.00. The lowest BCUT2D eigenvalue weighted by Gasteiger charge is -2.34. The number of piperidine rings is 1. The second kappa shape index (κ2) is 6.77. The summed E-state index contributed by atoms with van der Waals surface area (Å²) < 4.78 is 1.60. The summed E-state index contributed by atoms with van der Waals surface area (Å²) in [4.78, 5) is 14.3. The van der Waals surface area contributed by atoms with Crippen LogP contribution in [0.2, 0.25) is 0 Å². The van der Waals surface area contributed by atoms with Gasteiger partial charge in [0, 0.05) is 31.9 Å². The minimum absolute atomic E-state index is 0.220. The molecule has 5 nitrogen and oxygen atoms in total. The Morgan fingerprint density at radius 1 is 1.29 bits per heavy atom. The van der Waals surface area contributed by atoms with Crippen LogP contribution in [-0.4, -0.2) is 38.8 Å². The summed E-state index contributed by atoms with van der Waals surface area (Å²) in [5.74, 6) is 0.270. The third-order valence-corrected chi connectivity index (χ3v) is 4.96. The maximum atomic E-state index is 12.5. The minimum Gasteiger partial charge on any atom is -0.378 e. The van der Waals surface area contributed by atoms with Crippen LogP contribution in [-0.2, 0) is 11.8 Å². The van der Waals surface area contributed by atoms with E-state index < -0.39 is 6.10 Å². The van der Waals surface area contributed by atoms with Crippen LogP contribution in [0.4, 0.5) is 0 Å². The SMILES string of the molecule is Cc1ccc(C)c(C2CCN(C(=O)C(O)c3cnn(C)c3)CC2)c1. The summed E-state index contributed by atoms with van der Waals surface area (Å²) in [5, 5.41) is 14.3. The number of aryl methyl sites for hydroxylation is 3. The third-order valence-electron chi connectivity index (χ3n) is 4.96. The fourth-order valence-electron chi connectivity index (χ4n) is 3.51. The van der Waals surface area contributed by atoms with Crippen molar-refractivity contribution in [3.05, 3.63) is 52.8 Å². The molecule has 1 aromatic heterocycles. The number of hydrogen-bond acceptors (Lipinski definition) is 3. The van der Waals surface area contributed by atoms with Crippen molar-refractivity contribution < 1.29 is 9.90 Å². The lowest BCUT2D eigenvalue weighted by Crippen LogP contribution is -2.40. The molecule has 1 N–H and O–H groups in total. The van der Waals surface area contributed by atoms with Gasteiger partial charge in [-0.2, -0.15) is 5.10 Å². The van der Waals surface area contributed by atoms with Gasteiger partial charge in [0.25, 0.3) is 5.91 Å². The molecule has 0 bridgehead atoms. The van der Waals surface area contributed by atoms with E-state index in [9.17, 15) is 9.90 Å². The van der Waals surface area contributed by atoms with Crippen LogP contribution < -0.4 is 0 Å². The lowest BCUT2D eigenvalue weighted by atomic mass is 9.86. The van der Waals surface area contributed by atoms with Crippen molar-refractivity contribution in [2.24, 2.45) is 7.05 Å². The van der Waals surface area contributed by atoms with E-state index in [0.29, 0.717) is 24.6 Å². The van der Waals surface area contributed by atoms with E-state index in [4.69, 9.17) is 0 Å². The van der Waals surface area contributed by atoms with Gasteiger partial charge in [-0.15, -0.1) is 0 Å². The second-order valence-corrected chi connectivity index (χ2v) is 6.81. The lowest BCUT2D eigenvalue weighted by molar-refractivity contribution is -0.141. The Labute approximate surface area is 142 Å². The van der Waals surface area contributed by atoms with Gasteiger partial charge in [0.05, 0.1) is 6.20 Å². The van der Waals surface area contributed by atoms with Crippen molar-refractivity contribution in [2.75, 3.05) is 13.1 Å². The average Bonchev–Trinajstić information content (AvgIpc) is 3.02. The third kappa shape index (κ3) is 3.36. The van der Waals surface area contributed by atoms with Crippen molar-refractivity contribution in [2.45, 2.75) is 38.7 Å². The number of nitrogens with zero attached hydrogens (tertiary/aromatic N) is 3. The summed E-state index contributed by atoms with van der Waals surface area (Å²) in [6.45, 7) is 5.65. The number of rotatable bonds is 3. The molecule has 0 saturated carbocycles. The minimum atomic E-state index is -1.11. The quantitative estimate of drug-likeness (QED) is 0.942. The maximum Gasteiger partial charge on any atom is 0.256 e. The number of carbonyl (C=O) groups excluding carboxylic acids is 1. The van der Waals surface area contributed by atoms with Gasteiger partial charge in [0.15, 0.2) is 6.10 Å². The molecule has 1 aliphatic rings. The number of likely N-dealkylation sites (tertiary alicyclic amines) is 1. The summed E-state index contributed by atoms with van der Waals surface area (Å²) in [5.41, 5.74) is 4.55. The van der Waals surface area contributed by atoms with Crippen LogP contribution in [0.25, 0.3) is 0 Å². The zero-order valence-electron chi connectivity index (χ0n) is 14.6. The smallest absolute Gasteiger partial charge is 0.256 e. The Morgan fingerprint density at radius 3 is 2.62 bits per heavy atom. The number of benzene rings is 1. The predicted molar refractivity (Wildman–Crippen MR) is 92.6 cm³/mol. The van der Waals surface area contributed by atoms with Gasteiger partial charge >= 0.3 is 0 Å². The highest BCUT2D eigenvalue weighted by Crippen LogP contribution is 2.31. The van der Waals surface area contributed by atoms with E-state index in [1.54, 1.807) is 29.0 Å². The van der Waals surface area contributed by atoms with E-state index in [-0.39, 0.29) is 5.91 Å². The van der Waals surface area contributed by atoms with E-state index >= 15 is 0 Å². The summed E-state index contributed by atoms with van der Waals surface area (Å²) in [7, 11) is 1.77. The first-order chi connectivity index (χ1) is 11.5. The maximum absolute atomic E-state index is 12.5. The van der Waals surface area contributed by atoms with Crippen molar-refractivity contribution in [3.63, 3.8) is 0 Å². The molecule has 1 fully saturated rings. The molecule has 0 radical (unpaired) electrons. The van der Waals surface area contributed by atoms with E-state index in [1.807, 2.05) is 0 Å². The standard InChI is InChI=1S/C19H25N3O2/c1-13-4-5-14(2)17(10-13)15-6-8-22(9-7-15)19(24)18(23)16-11-20-21(3)12-16/h4-5,10-12,15,18,23H,6-9H2,1-3H3. The molecular formula is C19H25N3O2. The van der Waals surface area contributed by atoms with Gasteiger partial charge in [-0.25, -0.2) is 0 Å². The van der Waals surface area contributed by atoms with Gasteiger partial charge < -0.3 is 10.0 Å². The van der Waals surface area contributed by atoms with Crippen LogP contribution in [0.1, 0.15) is 47.1 Å². The number of aliphatic hydroxyl groups excluding tert-OH is 1. The van der Waals surface area contributed by atoms with Crippen LogP contribution in [0, 0.1) is 13.8 Å². The molecule has 0 spiro atoms. The number of amides is 1. The first-order valence-corrected chi connectivity index (χ1v) is 8.48. The fourth-order valence-corrected chi connectivity index (χ4v) is 3.51. The summed E-state index contributed by atoms with van der Waals surface area (Å²) in [6, 6.07) is 6.58. The first kappa shape index (κ1) is 16.7. The first-order valence-electron chi connectivity index (χ1n) is 8.48. The Morgan fingerprint density at radius 2 is 2.00 bits per heavy atom. The Balaban J connectivity index is 1.64. The number of carbonyl (C=O) groups is 1. The monoisotopic (exact) mass is 327 g/mol. The molecule has 1 atom stereocenters. The van der Waals surface area contributed by atoms with Crippen molar-refractivity contribution in [3.8, 4) is 0 Å². The molecule has 2 aromatic rings. The largest absolute Gasteiger partial charge is 0.378 e. The van der Waals surface area contributed by atoms with Gasteiger partial charge in [0.1, 0.15) is 0 Å². The Hall–Kier alpha value is -2.14. The van der Waals surface area contributed by atoms with Crippen LogP contribution in [0.3, 0.4) is 0 Å². The highest BCUT2D eigenvalue weighted by atomic mass is 16.3. The van der Waals surface area contributed by atoms with Gasteiger partial charge in [-0.3, -0.25) is 9.48 Å². The highest BCUT2D eigenvalue weighted by molar-refractivity contribution is 5.82. The molecular weight excluding hydrogens is 302 g/mol. The van der Waals surface area contributed by atoms with Gasteiger partial charge in [0.2, 0.25) is 0 Å². The molecule has 24 heavy (non-hydrogen) atoms. The van der Waals surface area contributed by atoms with Crippen molar-refractivity contribution in [1.29, 1.82) is 0 Å². The second-order valence-electron chi connectivity index (χ2n) is 6.81. The van der Waals surface area contributed by atoms with Crippen molar-refractivity contribution >= 4 is 5.91 Å². The van der Waals surface area contributed by atoms with E-state index in [2.05, 4.69) is 37.1 Å². The molecule has 0 aliphatic carbocycles. The molecule has 2 heterocycles. The number of aromatic nitrogens is 2. The molecule has 1 aromatic carbocycles.